The molecule has 0 amide bonds. The topological polar surface area (TPSA) is 0 Å². The van der Waals surface area contributed by atoms with Crippen LogP contribution in [-0.4, -0.2) is 0 Å². The van der Waals surface area contributed by atoms with Gasteiger partial charge >= 0.3 is 0 Å². The molecule has 0 saturated carbocycles. The summed E-state index contributed by atoms with van der Waals surface area (Å²) in [7, 11) is 4.65. The molecule has 0 aliphatic carbocycles. The van der Waals surface area contributed by atoms with E-state index in [0.29, 0.717) is 0 Å². The Balaban J connectivity index is 1.83. The van der Waals surface area contributed by atoms with Crippen LogP contribution >= 0.6 is 31.4 Å². The van der Waals surface area contributed by atoms with Gasteiger partial charge in [-0.25, -0.2) is 8.78 Å². The second-order valence-corrected chi connectivity index (χ2v) is 7.19. The largest absolute Gasteiger partial charge is 0.207 e. The van der Waals surface area contributed by atoms with E-state index in [1.54, 1.807) is 55.7 Å². The van der Waals surface area contributed by atoms with Crippen molar-refractivity contribution in [1.82, 2.24) is 0 Å². The van der Waals surface area contributed by atoms with Gasteiger partial charge in [0, 0.05) is 9.79 Å². The SMILES string of the molecule is Fc1ccc(SSSc2ccc(F)cc2)cc1. The van der Waals surface area contributed by atoms with Crippen molar-refractivity contribution in [3.63, 3.8) is 0 Å². The molecule has 0 bridgehead atoms. The molecule has 5 heteroatoms. The van der Waals surface area contributed by atoms with Gasteiger partial charge in [-0.1, -0.05) is 0 Å². The van der Waals surface area contributed by atoms with Crippen LogP contribution in [0.5, 0.6) is 0 Å². The Kier molecular flexibility index (Phi) is 4.76. The van der Waals surface area contributed by atoms with Crippen molar-refractivity contribution < 1.29 is 8.78 Å². The van der Waals surface area contributed by atoms with Crippen LogP contribution in [0.3, 0.4) is 0 Å². The monoisotopic (exact) mass is 286 g/mol. The second-order valence-electron chi connectivity index (χ2n) is 3.14. The number of hydrogen-bond donors (Lipinski definition) is 0. The number of hydrogen-bond acceptors (Lipinski definition) is 3. The highest BCUT2D eigenvalue weighted by Crippen LogP contribution is 2.44. The summed E-state index contributed by atoms with van der Waals surface area (Å²) in [5.41, 5.74) is 0. The molecule has 0 radical (unpaired) electrons. The third-order valence-corrected chi connectivity index (χ3v) is 5.74. The highest BCUT2D eigenvalue weighted by molar-refractivity contribution is 9.09. The molecule has 2 aromatic rings. The summed E-state index contributed by atoms with van der Waals surface area (Å²) in [5, 5.41) is 0. The Labute approximate surface area is 110 Å². The minimum Gasteiger partial charge on any atom is -0.207 e. The Morgan fingerprint density at radius 2 is 0.941 bits per heavy atom. The highest BCUT2D eigenvalue weighted by Gasteiger charge is 1.99. The summed E-state index contributed by atoms with van der Waals surface area (Å²) < 4.78 is 25.3. The van der Waals surface area contributed by atoms with E-state index in [9.17, 15) is 8.78 Å². The zero-order chi connectivity index (χ0) is 12.1. The first-order valence-corrected chi connectivity index (χ1v) is 8.25. The Hall–Kier alpha value is -0.650. The van der Waals surface area contributed by atoms with E-state index in [1.807, 2.05) is 0 Å². The molecule has 0 atom stereocenters. The van der Waals surface area contributed by atoms with Gasteiger partial charge in [0.2, 0.25) is 0 Å². The summed E-state index contributed by atoms with van der Waals surface area (Å²) in [6, 6.07) is 12.7. The molecule has 88 valence electrons. The Morgan fingerprint density at radius 1 is 0.588 bits per heavy atom. The van der Waals surface area contributed by atoms with Gasteiger partial charge in [0.15, 0.2) is 0 Å². The first-order chi connectivity index (χ1) is 8.24. The summed E-state index contributed by atoms with van der Waals surface area (Å²) in [4.78, 5) is 1.98. The highest BCUT2D eigenvalue weighted by atomic mass is 33.5. The fraction of sp³-hybridized carbons (Fsp3) is 0. The predicted octanol–water partition coefficient (Wildman–Crippen LogP) is 5.41. The van der Waals surface area contributed by atoms with E-state index in [4.69, 9.17) is 0 Å². The molecule has 0 spiro atoms. The van der Waals surface area contributed by atoms with Crippen LogP contribution in [0.4, 0.5) is 8.78 Å². The lowest BCUT2D eigenvalue weighted by Gasteiger charge is -2.00. The minimum atomic E-state index is -0.231. The normalized spacial score (nSPS) is 10.5. The maximum atomic E-state index is 12.7. The van der Waals surface area contributed by atoms with Crippen LogP contribution in [0.1, 0.15) is 0 Å². The fourth-order valence-electron chi connectivity index (χ4n) is 1.08. The Bertz CT molecular complexity index is 423. The molecule has 0 unspecified atom stereocenters. The van der Waals surface area contributed by atoms with Crippen LogP contribution in [-0.2, 0) is 0 Å². The van der Waals surface area contributed by atoms with E-state index in [-0.39, 0.29) is 11.6 Å². The van der Waals surface area contributed by atoms with E-state index < -0.39 is 0 Å². The lowest BCUT2D eigenvalue weighted by Crippen LogP contribution is -1.72. The zero-order valence-corrected chi connectivity index (χ0v) is 11.0. The average Bonchev–Trinajstić information content (AvgIpc) is 2.34. The molecule has 0 aliphatic rings. The lowest BCUT2D eigenvalue weighted by molar-refractivity contribution is 0.626. The standard InChI is InChI=1S/C12H8F2S3/c13-9-1-5-11(6-2-9)15-17-16-12-7-3-10(14)4-8-12/h1-8H. The van der Waals surface area contributed by atoms with E-state index >= 15 is 0 Å². The van der Waals surface area contributed by atoms with Gasteiger partial charge in [0.25, 0.3) is 0 Å². The second kappa shape index (κ2) is 6.33. The van der Waals surface area contributed by atoms with E-state index in [1.165, 1.54) is 24.3 Å². The first kappa shape index (κ1) is 12.8. The molecule has 2 rings (SSSR count). The van der Waals surface area contributed by atoms with Crippen molar-refractivity contribution in [2.24, 2.45) is 0 Å². The molecule has 0 fully saturated rings. The molecule has 0 heterocycles. The van der Waals surface area contributed by atoms with Gasteiger partial charge in [0.1, 0.15) is 11.6 Å². The maximum absolute atomic E-state index is 12.7. The lowest BCUT2D eigenvalue weighted by atomic mass is 10.4. The molecule has 0 aliphatic heterocycles. The summed E-state index contributed by atoms with van der Waals surface area (Å²) in [6.07, 6.45) is 0. The molecular weight excluding hydrogens is 278 g/mol. The summed E-state index contributed by atoms with van der Waals surface area (Å²) >= 11 is 0. The van der Waals surface area contributed by atoms with Crippen LogP contribution in [0.15, 0.2) is 58.3 Å². The van der Waals surface area contributed by atoms with Gasteiger partial charge in [-0.3, -0.25) is 0 Å². The predicted molar refractivity (Wildman–Crippen MR) is 72.1 cm³/mol. The number of halogens is 2. The third-order valence-electron chi connectivity index (χ3n) is 1.89. The van der Waals surface area contributed by atoms with Crippen molar-refractivity contribution in [2.75, 3.05) is 0 Å². The molecule has 0 N–H and O–H groups in total. The summed E-state index contributed by atoms with van der Waals surface area (Å²) in [5.74, 6) is -0.462. The van der Waals surface area contributed by atoms with Gasteiger partial charge < -0.3 is 0 Å². The van der Waals surface area contributed by atoms with Gasteiger partial charge in [-0.15, -0.1) is 0 Å². The van der Waals surface area contributed by atoms with Gasteiger partial charge in [0.05, 0.1) is 0 Å². The molecule has 0 aromatic heterocycles. The van der Waals surface area contributed by atoms with Gasteiger partial charge in [-0.05, 0) is 79.9 Å². The van der Waals surface area contributed by atoms with Crippen molar-refractivity contribution in [1.29, 1.82) is 0 Å². The molecule has 0 nitrogen and oxygen atoms in total. The van der Waals surface area contributed by atoms with Crippen LogP contribution in [0.25, 0.3) is 0 Å². The van der Waals surface area contributed by atoms with Crippen molar-refractivity contribution in [3.8, 4) is 0 Å². The minimum absolute atomic E-state index is 0.231. The smallest absolute Gasteiger partial charge is 0.123 e. The zero-order valence-electron chi connectivity index (χ0n) is 8.60. The fourth-order valence-corrected chi connectivity index (χ4v) is 4.72. The quantitative estimate of drug-likeness (QED) is 0.689. The maximum Gasteiger partial charge on any atom is 0.123 e. The molecular formula is C12H8F2S3. The average molecular weight is 286 g/mol. The third kappa shape index (κ3) is 4.26. The summed E-state index contributed by atoms with van der Waals surface area (Å²) in [6.45, 7) is 0. The van der Waals surface area contributed by atoms with E-state index in [2.05, 4.69) is 0 Å². The van der Waals surface area contributed by atoms with Crippen LogP contribution < -0.4 is 0 Å². The van der Waals surface area contributed by atoms with Crippen molar-refractivity contribution >= 4 is 31.4 Å². The van der Waals surface area contributed by atoms with Crippen LogP contribution in [0, 0.1) is 11.6 Å². The molecule has 0 saturated heterocycles. The van der Waals surface area contributed by atoms with Crippen LogP contribution in [0.2, 0.25) is 0 Å². The first-order valence-electron chi connectivity index (χ1n) is 4.76. The molecule has 17 heavy (non-hydrogen) atoms. The van der Waals surface area contributed by atoms with Gasteiger partial charge in [-0.2, -0.15) is 0 Å². The molecule has 2 aromatic carbocycles. The number of benzene rings is 2. The van der Waals surface area contributed by atoms with Crippen molar-refractivity contribution in [3.05, 3.63) is 60.2 Å². The number of rotatable bonds is 4. The van der Waals surface area contributed by atoms with Crippen molar-refractivity contribution in [2.45, 2.75) is 9.79 Å². The van der Waals surface area contributed by atoms with E-state index in [0.717, 1.165) is 9.79 Å². The Morgan fingerprint density at radius 3 is 1.29 bits per heavy atom.